The predicted molar refractivity (Wildman–Crippen MR) is 113 cm³/mol. The standard InChI is InChI=1S/C24H25N3O3/c28-22(16-25-23(29)19-10-5-2-6-11-19)27-13-7-12-20(17-27)24-26-15-21(30-24)14-18-8-3-1-4-9-18/h1-6,8-11,15,20H,7,12-14,16-17H2,(H,25,29). The van der Waals surface area contributed by atoms with E-state index in [2.05, 4.69) is 22.4 Å². The van der Waals surface area contributed by atoms with Gasteiger partial charge in [0.1, 0.15) is 5.76 Å². The molecule has 0 radical (unpaired) electrons. The van der Waals surface area contributed by atoms with E-state index in [-0.39, 0.29) is 24.3 Å². The molecular formula is C24H25N3O3. The van der Waals surface area contributed by atoms with E-state index in [9.17, 15) is 9.59 Å². The minimum absolute atomic E-state index is 0.00864. The van der Waals surface area contributed by atoms with Crippen molar-refractivity contribution in [2.45, 2.75) is 25.2 Å². The van der Waals surface area contributed by atoms with Gasteiger partial charge in [0.2, 0.25) is 5.91 Å². The van der Waals surface area contributed by atoms with Crippen LogP contribution in [0.1, 0.15) is 46.3 Å². The molecule has 0 saturated carbocycles. The molecule has 1 fully saturated rings. The summed E-state index contributed by atoms with van der Waals surface area (Å²) < 4.78 is 5.99. The van der Waals surface area contributed by atoms with Crippen LogP contribution in [0.15, 0.2) is 71.3 Å². The Labute approximate surface area is 175 Å². The molecule has 0 spiro atoms. The summed E-state index contributed by atoms with van der Waals surface area (Å²) in [5.74, 6) is 1.27. The van der Waals surface area contributed by atoms with Crippen LogP contribution < -0.4 is 5.32 Å². The molecule has 0 bridgehead atoms. The Morgan fingerprint density at radius 1 is 1.07 bits per heavy atom. The fourth-order valence-corrected chi connectivity index (χ4v) is 3.75. The van der Waals surface area contributed by atoms with Crippen molar-refractivity contribution in [1.82, 2.24) is 15.2 Å². The lowest BCUT2D eigenvalue weighted by Crippen LogP contribution is -2.44. The van der Waals surface area contributed by atoms with Gasteiger partial charge in [0.15, 0.2) is 5.89 Å². The van der Waals surface area contributed by atoms with Crippen molar-refractivity contribution in [2.24, 2.45) is 0 Å². The van der Waals surface area contributed by atoms with E-state index in [0.29, 0.717) is 31.0 Å². The molecule has 3 aromatic rings. The third-order valence-electron chi connectivity index (χ3n) is 5.35. The maximum atomic E-state index is 12.6. The van der Waals surface area contributed by atoms with Crippen molar-refractivity contribution in [1.29, 1.82) is 0 Å². The van der Waals surface area contributed by atoms with Crippen LogP contribution in [-0.4, -0.2) is 41.3 Å². The minimum Gasteiger partial charge on any atom is -0.445 e. The molecule has 1 N–H and O–H groups in total. The smallest absolute Gasteiger partial charge is 0.251 e. The van der Waals surface area contributed by atoms with Crippen LogP contribution >= 0.6 is 0 Å². The van der Waals surface area contributed by atoms with Crippen molar-refractivity contribution >= 4 is 11.8 Å². The average Bonchev–Trinajstić information content (AvgIpc) is 3.27. The number of nitrogens with zero attached hydrogens (tertiary/aromatic N) is 2. The van der Waals surface area contributed by atoms with E-state index in [1.165, 1.54) is 5.56 Å². The summed E-state index contributed by atoms with van der Waals surface area (Å²) >= 11 is 0. The maximum Gasteiger partial charge on any atom is 0.251 e. The molecule has 1 aliphatic rings. The zero-order chi connectivity index (χ0) is 20.8. The van der Waals surface area contributed by atoms with E-state index in [0.717, 1.165) is 18.6 Å². The lowest BCUT2D eigenvalue weighted by atomic mass is 9.98. The first kappa shape index (κ1) is 19.9. The first-order chi connectivity index (χ1) is 14.7. The second-order valence-electron chi connectivity index (χ2n) is 7.55. The van der Waals surface area contributed by atoms with E-state index >= 15 is 0 Å². The van der Waals surface area contributed by atoms with Gasteiger partial charge >= 0.3 is 0 Å². The van der Waals surface area contributed by atoms with Crippen LogP contribution in [0.5, 0.6) is 0 Å². The van der Waals surface area contributed by atoms with Crippen molar-refractivity contribution < 1.29 is 14.0 Å². The maximum absolute atomic E-state index is 12.6. The molecular weight excluding hydrogens is 378 g/mol. The normalized spacial score (nSPS) is 16.3. The molecule has 30 heavy (non-hydrogen) atoms. The molecule has 2 heterocycles. The molecule has 6 nitrogen and oxygen atoms in total. The van der Waals surface area contributed by atoms with Crippen LogP contribution in [0.2, 0.25) is 0 Å². The number of benzene rings is 2. The van der Waals surface area contributed by atoms with Gasteiger partial charge in [-0.05, 0) is 30.5 Å². The Bertz CT molecular complexity index is 985. The van der Waals surface area contributed by atoms with E-state index < -0.39 is 0 Å². The zero-order valence-corrected chi connectivity index (χ0v) is 16.8. The lowest BCUT2D eigenvalue weighted by Gasteiger charge is -2.31. The summed E-state index contributed by atoms with van der Waals surface area (Å²) in [6.07, 6.45) is 4.31. The molecule has 6 heteroatoms. The molecule has 1 atom stereocenters. The van der Waals surface area contributed by atoms with Crippen molar-refractivity contribution in [3.05, 3.63) is 89.6 Å². The van der Waals surface area contributed by atoms with Crippen molar-refractivity contribution in [2.75, 3.05) is 19.6 Å². The highest BCUT2D eigenvalue weighted by molar-refractivity contribution is 5.96. The van der Waals surface area contributed by atoms with Crippen LogP contribution in [0, 0.1) is 0 Å². The fourth-order valence-electron chi connectivity index (χ4n) is 3.75. The summed E-state index contributed by atoms with van der Waals surface area (Å²) in [4.78, 5) is 31.0. The van der Waals surface area contributed by atoms with Gasteiger partial charge in [-0.2, -0.15) is 0 Å². The Morgan fingerprint density at radius 3 is 2.57 bits per heavy atom. The lowest BCUT2D eigenvalue weighted by molar-refractivity contribution is -0.131. The summed E-state index contributed by atoms with van der Waals surface area (Å²) in [6.45, 7) is 1.24. The molecule has 1 saturated heterocycles. The van der Waals surface area contributed by atoms with Gasteiger partial charge < -0.3 is 14.6 Å². The summed E-state index contributed by atoms with van der Waals surface area (Å²) in [7, 11) is 0. The van der Waals surface area contributed by atoms with E-state index in [4.69, 9.17) is 4.42 Å². The molecule has 2 aromatic carbocycles. The van der Waals surface area contributed by atoms with Gasteiger partial charge in [0, 0.05) is 25.1 Å². The van der Waals surface area contributed by atoms with Crippen molar-refractivity contribution in [3.8, 4) is 0 Å². The number of hydrogen-bond acceptors (Lipinski definition) is 4. The van der Waals surface area contributed by atoms with E-state index in [1.54, 1.807) is 35.4 Å². The zero-order valence-electron chi connectivity index (χ0n) is 16.8. The number of likely N-dealkylation sites (tertiary alicyclic amines) is 1. The number of piperidine rings is 1. The molecule has 1 aliphatic heterocycles. The highest BCUT2D eigenvalue weighted by Gasteiger charge is 2.28. The van der Waals surface area contributed by atoms with Crippen LogP contribution in [0.3, 0.4) is 0 Å². The first-order valence-corrected chi connectivity index (χ1v) is 10.3. The van der Waals surface area contributed by atoms with Crippen LogP contribution in [0.4, 0.5) is 0 Å². The molecule has 1 aromatic heterocycles. The predicted octanol–water partition coefficient (Wildman–Crippen LogP) is 3.40. The van der Waals surface area contributed by atoms with E-state index in [1.807, 2.05) is 24.3 Å². The summed E-state index contributed by atoms with van der Waals surface area (Å²) in [6, 6.07) is 19.0. The number of amides is 2. The van der Waals surface area contributed by atoms with Gasteiger partial charge in [0.05, 0.1) is 18.7 Å². The van der Waals surface area contributed by atoms with Gasteiger partial charge in [-0.25, -0.2) is 4.98 Å². The Hall–Kier alpha value is -3.41. The first-order valence-electron chi connectivity index (χ1n) is 10.3. The molecule has 154 valence electrons. The van der Waals surface area contributed by atoms with Gasteiger partial charge in [-0.15, -0.1) is 0 Å². The second kappa shape index (κ2) is 9.39. The van der Waals surface area contributed by atoms with Gasteiger partial charge in [-0.1, -0.05) is 48.5 Å². The monoisotopic (exact) mass is 403 g/mol. The molecule has 1 unspecified atom stereocenters. The largest absolute Gasteiger partial charge is 0.445 e. The van der Waals surface area contributed by atoms with Crippen LogP contribution in [0.25, 0.3) is 0 Å². The third-order valence-corrected chi connectivity index (χ3v) is 5.35. The molecule has 0 aliphatic carbocycles. The highest BCUT2D eigenvalue weighted by atomic mass is 16.4. The fraction of sp³-hybridized carbons (Fsp3) is 0.292. The number of carbonyl (C=O) groups excluding carboxylic acids is 2. The Morgan fingerprint density at radius 2 is 1.80 bits per heavy atom. The number of oxazole rings is 1. The average molecular weight is 403 g/mol. The third kappa shape index (κ3) is 4.95. The number of hydrogen-bond donors (Lipinski definition) is 1. The Balaban J connectivity index is 1.32. The quantitative estimate of drug-likeness (QED) is 0.684. The topological polar surface area (TPSA) is 75.4 Å². The Kier molecular flexibility index (Phi) is 6.23. The number of rotatable bonds is 6. The van der Waals surface area contributed by atoms with Crippen LogP contribution in [-0.2, 0) is 11.2 Å². The molecule has 4 rings (SSSR count). The minimum atomic E-state index is -0.240. The SMILES string of the molecule is O=C(NCC(=O)N1CCCC(c2ncc(Cc3ccccc3)o2)C1)c1ccccc1. The van der Waals surface area contributed by atoms with Gasteiger partial charge in [0.25, 0.3) is 5.91 Å². The summed E-state index contributed by atoms with van der Waals surface area (Å²) in [5, 5.41) is 2.71. The second-order valence-corrected chi connectivity index (χ2v) is 7.55. The number of nitrogens with one attached hydrogen (secondary N) is 1. The molecule has 2 amide bonds. The number of carbonyl (C=O) groups is 2. The van der Waals surface area contributed by atoms with Gasteiger partial charge in [-0.3, -0.25) is 9.59 Å². The number of aromatic nitrogens is 1. The summed E-state index contributed by atoms with van der Waals surface area (Å²) in [5.41, 5.74) is 1.72. The van der Waals surface area contributed by atoms with Crippen molar-refractivity contribution in [3.63, 3.8) is 0 Å². The highest BCUT2D eigenvalue weighted by Crippen LogP contribution is 2.27.